The number of piperidine rings is 2. The molecule has 1 aliphatic carbocycles. The number of likely N-dealkylation sites (tertiary alicyclic amines) is 1. The van der Waals surface area contributed by atoms with E-state index in [1.54, 1.807) is 6.33 Å². The largest absolute Gasteiger partial charge is 0.396 e. The second kappa shape index (κ2) is 6.90. The lowest BCUT2D eigenvalue weighted by Crippen LogP contribution is -2.54. The van der Waals surface area contributed by atoms with Gasteiger partial charge in [0.05, 0.1) is 0 Å². The number of hydrogen-bond donors (Lipinski definition) is 1. The average Bonchev–Trinajstić information content (AvgIpc) is 3.48. The summed E-state index contributed by atoms with van der Waals surface area (Å²) in [6.07, 6.45) is 8.81. The van der Waals surface area contributed by atoms with Crippen LogP contribution in [0.3, 0.4) is 0 Å². The molecule has 1 amide bonds. The first-order chi connectivity index (χ1) is 12.2. The van der Waals surface area contributed by atoms with E-state index in [4.69, 9.17) is 5.11 Å². The molecule has 1 N–H and O–H groups in total. The van der Waals surface area contributed by atoms with Crippen molar-refractivity contribution in [3.05, 3.63) is 18.1 Å². The molecular formula is C19H28N4O2. The maximum absolute atomic E-state index is 12.2. The van der Waals surface area contributed by atoms with Crippen molar-refractivity contribution < 1.29 is 9.90 Å². The van der Waals surface area contributed by atoms with Crippen LogP contribution in [0.1, 0.15) is 56.6 Å². The molecule has 2 saturated heterocycles. The summed E-state index contributed by atoms with van der Waals surface area (Å²) in [6.45, 7) is 3.65. The lowest BCUT2D eigenvalue weighted by Gasteiger charge is -2.48. The van der Waals surface area contributed by atoms with Crippen LogP contribution in [0, 0.1) is 5.41 Å². The average molecular weight is 344 g/mol. The number of rotatable bonds is 5. The van der Waals surface area contributed by atoms with Crippen molar-refractivity contribution in [2.45, 2.75) is 50.9 Å². The second-order valence-electron chi connectivity index (χ2n) is 7.99. The molecule has 1 aromatic heterocycles. The molecule has 25 heavy (non-hydrogen) atoms. The molecule has 1 aromatic rings. The maximum Gasteiger partial charge on any atom is 0.222 e. The molecule has 1 saturated carbocycles. The molecule has 1 atom stereocenters. The number of carbonyl (C=O) groups is 1. The Hall–Kier alpha value is -1.69. The summed E-state index contributed by atoms with van der Waals surface area (Å²) in [5, 5.41) is 9.09. The molecule has 2 aliphatic heterocycles. The molecule has 3 fully saturated rings. The Kier molecular flexibility index (Phi) is 4.63. The third-order valence-electron chi connectivity index (χ3n) is 5.99. The standard InChI is InChI=1S/C19H28N4O2/c24-10-2-9-23-13-19(7-5-18(23)25)6-1-8-22(12-19)17-11-16(15-3-4-15)20-14-21-17/h11,14-15,24H,1-10,12-13H2/t19-/m1/s1. The number of nitrogens with zero attached hydrogens (tertiary/aromatic N) is 4. The SMILES string of the molecule is O=C1CC[C@@]2(CCCN(c3cc(C4CC4)ncn3)C2)CN1CCCO. The molecule has 6 nitrogen and oxygen atoms in total. The fourth-order valence-corrected chi connectivity index (χ4v) is 4.44. The van der Waals surface area contributed by atoms with Crippen LogP contribution in [0.2, 0.25) is 0 Å². The molecule has 0 radical (unpaired) electrons. The van der Waals surface area contributed by atoms with Crippen LogP contribution in [0.4, 0.5) is 5.82 Å². The van der Waals surface area contributed by atoms with Crippen LogP contribution < -0.4 is 4.90 Å². The fraction of sp³-hybridized carbons (Fsp3) is 0.737. The van der Waals surface area contributed by atoms with E-state index < -0.39 is 0 Å². The quantitative estimate of drug-likeness (QED) is 0.884. The summed E-state index contributed by atoms with van der Waals surface area (Å²) in [6, 6.07) is 2.17. The van der Waals surface area contributed by atoms with Crippen molar-refractivity contribution in [2.24, 2.45) is 5.41 Å². The Morgan fingerprint density at radius 1 is 1.24 bits per heavy atom. The minimum atomic E-state index is 0.147. The van der Waals surface area contributed by atoms with Gasteiger partial charge in [-0.15, -0.1) is 0 Å². The van der Waals surface area contributed by atoms with E-state index in [1.807, 2.05) is 4.90 Å². The molecule has 0 unspecified atom stereocenters. The summed E-state index contributed by atoms with van der Waals surface area (Å²) in [4.78, 5) is 25.6. The number of amides is 1. The zero-order valence-corrected chi connectivity index (χ0v) is 14.9. The van der Waals surface area contributed by atoms with Gasteiger partial charge in [0.15, 0.2) is 0 Å². The first kappa shape index (κ1) is 16.8. The second-order valence-corrected chi connectivity index (χ2v) is 7.99. The molecule has 3 heterocycles. The topological polar surface area (TPSA) is 69.6 Å². The van der Waals surface area contributed by atoms with E-state index in [-0.39, 0.29) is 17.9 Å². The van der Waals surface area contributed by atoms with E-state index in [0.717, 1.165) is 38.3 Å². The van der Waals surface area contributed by atoms with Gasteiger partial charge in [0, 0.05) is 62.3 Å². The van der Waals surface area contributed by atoms with Crippen LogP contribution in [0.25, 0.3) is 0 Å². The lowest BCUT2D eigenvalue weighted by atomic mass is 9.73. The summed E-state index contributed by atoms with van der Waals surface area (Å²) in [7, 11) is 0. The molecule has 0 bridgehead atoms. The maximum atomic E-state index is 12.2. The molecule has 6 heteroatoms. The molecule has 0 aromatic carbocycles. The number of aliphatic hydroxyl groups is 1. The van der Waals surface area contributed by atoms with Crippen molar-refractivity contribution in [2.75, 3.05) is 37.7 Å². The Morgan fingerprint density at radius 2 is 2.12 bits per heavy atom. The van der Waals surface area contributed by atoms with E-state index >= 15 is 0 Å². The minimum Gasteiger partial charge on any atom is -0.396 e. The predicted molar refractivity (Wildman–Crippen MR) is 95.4 cm³/mol. The van der Waals surface area contributed by atoms with Crippen LogP contribution in [-0.4, -0.2) is 58.7 Å². The Balaban J connectivity index is 1.48. The van der Waals surface area contributed by atoms with E-state index in [9.17, 15) is 4.79 Å². The number of aliphatic hydroxyl groups excluding tert-OH is 1. The summed E-state index contributed by atoms with van der Waals surface area (Å²) < 4.78 is 0. The highest BCUT2D eigenvalue weighted by Gasteiger charge is 2.42. The fourth-order valence-electron chi connectivity index (χ4n) is 4.44. The highest BCUT2D eigenvalue weighted by molar-refractivity contribution is 5.77. The predicted octanol–water partition coefficient (Wildman–Crippen LogP) is 1.95. The van der Waals surface area contributed by atoms with Crippen molar-refractivity contribution in [3.8, 4) is 0 Å². The first-order valence-electron chi connectivity index (χ1n) is 9.65. The van der Waals surface area contributed by atoms with Crippen molar-refractivity contribution >= 4 is 11.7 Å². The third-order valence-corrected chi connectivity index (χ3v) is 5.99. The van der Waals surface area contributed by atoms with Crippen LogP contribution in [-0.2, 0) is 4.79 Å². The van der Waals surface area contributed by atoms with Crippen LogP contribution in [0.15, 0.2) is 12.4 Å². The van der Waals surface area contributed by atoms with Gasteiger partial charge in [-0.2, -0.15) is 0 Å². The van der Waals surface area contributed by atoms with Crippen molar-refractivity contribution in [3.63, 3.8) is 0 Å². The number of aromatic nitrogens is 2. The van der Waals surface area contributed by atoms with E-state index in [1.165, 1.54) is 25.0 Å². The van der Waals surface area contributed by atoms with Gasteiger partial charge in [0.1, 0.15) is 12.1 Å². The number of hydrogen-bond acceptors (Lipinski definition) is 5. The molecule has 4 rings (SSSR count). The Morgan fingerprint density at radius 3 is 2.92 bits per heavy atom. The highest BCUT2D eigenvalue weighted by Crippen LogP contribution is 2.42. The van der Waals surface area contributed by atoms with Gasteiger partial charge in [-0.25, -0.2) is 9.97 Å². The zero-order chi connectivity index (χ0) is 17.3. The summed E-state index contributed by atoms with van der Waals surface area (Å²) in [5.41, 5.74) is 1.36. The van der Waals surface area contributed by atoms with Crippen molar-refractivity contribution in [1.29, 1.82) is 0 Å². The minimum absolute atomic E-state index is 0.147. The van der Waals surface area contributed by atoms with Crippen LogP contribution in [0.5, 0.6) is 0 Å². The molecule has 1 spiro atoms. The first-order valence-corrected chi connectivity index (χ1v) is 9.65. The van der Waals surface area contributed by atoms with Crippen LogP contribution >= 0.6 is 0 Å². The van der Waals surface area contributed by atoms with E-state index in [0.29, 0.717) is 25.3 Å². The lowest BCUT2D eigenvalue weighted by molar-refractivity contribution is -0.138. The Bertz CT molecular complexity index is 634. The normalized spacial score (nSPS) is 27.2. The van der Waals surface area contributed by atoms with Gasteiger partial charge >= 0.3 is 0 Å². The van der Waals surface area contributed by atoms with Crippen molar-refractivity contribution in [1.82, 2.24) is 14.9 Å². The number of anilines is 1. The zero-order valence-electron chi connectivity index (χ0n) is 14.9. The molecule has 3 aliphatic rings. The van der Waals surface area contributed by atoms with E-state index in [2.05, 4.69) is 20.9 Å². The van der Waals surface area contributed by atoms with Gasteiger partial charge in [-0.3, -0.25) is 4.79 Å². The monoisotopic (exact) mass is 344 g/mol. The summed E-state index contributed by atoms with van der Waals surface area (Å²) >= 11 is 0. The molecular weight excluding hydrogens is 316 g/mol. The Labute approximate surface area is 149 Å². The summed E-state index contributed by atoms with van der Waals surface area (Å²) in [5.74, 6) is 1.94. The van der Waals surface area contributed by atoms with Gasteiger partial charge < -0.3 is 14.9 Å². The van der Waals surface area contributed by atoms with Gasteiger partial charge in [0.25, 0.3) is 0 Å². The third kappa shape index (κ3) is 3.64. The highest BCUT2D eigenvalue weighted by atomic mass is 16.3. The number of carbonyl (C=O) groups excluding carboxylic acids is 1. The molecule has 136 valence electrons. The van der Waals surface area contributed by atoms with Gasteiger partial charge in [-0.05, 0) is 38.5 Å². The smallest absolute Gasteiger partial charge is 0.222 e. The van der Waals surface area contributed by atoms with Gasteiger partial charge in [-0.1, -0.05) is 0 Å². The van der Waals surface area contributed by atoms with Gasteiger partial charge in [0.2, 0.25) is 5.91 Å².